The average Bonchev–Trinajstić information content (AvgIpc) is 2.93. The van der Waals surface area contributed by atoms with Crippen molar-refractivity contribution in [2.24, 2.45) is 17.6 Å². The van der Waals surface area contributed by atoms with Crippen molar-refractivity contribution in [2.45, 2.75) is 63.2 Å². The minimum absolute atomic E-state index is 0. The van der Waals surface area contributed by atoms with Crippen LogP contribution in [-0.2, 0) is 14.4 Å². The molecule has 9 N–H and O–H groups in total. The summed E-state index contributed by atoms with van der Waals surface area (Å²) in [4.78, 5) is 53.4. The first-order valence-corrected chi connectivity index (χ1v) is 14.4. The summed E-state index contributed by atoms with van der Waals surface area (Å²) in [6, 6.07) is 1.61. The van der Waals surface area contributed by atoms with Gasteiger partial charge in [0.1, 0.15) is 17.1 Å². The molecule has 6 atom stereocenters. The largest absolute Gasteiger partial charge is 0.510 e. The molecule has 45 heavy (non-hydrogen) atoms. The molecular weight excluding hydrogens is 631 g/mol. The maximum Gasteiger partial charge on any atom is 0.255 e. The van der Waals surface area contributed by atoms with Crippen LogP contribution < -0.4 is 16.4 Å². The maximum absolute atomic E-state index is 13.9. The smallest absolute Gasteiger partial charge is 0.255 e. The van der Waals surface area contributed by atoms with Gasteiger partial charge in [-0.15, -0.1) is 24.8 Å². The van der Waals surface area contributed by atoms with E-state index >= 15 is 0 Å². The van der Waals surface area contributed by atoms with Crippen molar-refractivity contribution < 1.29 is 44.7 Å². The van der Waals surface area contributed by atoms with Crippen LogP contribution in [0.1, 0.15) is 61.4 Å². The van der Waals surface area contributed by atoms with Gasteiger partial charge in [-0.3, -0.25) is 24.1 Å². The number of carbonyl (C=O) groups is 4. The number of anilines is 1. The zero-order chi connectivity index (χ0) is 32.0. The molecule has 0 aromatic heterocycles. The number of primary amides is 1. The van der Waals surface area contributed by atoms with Gasteiger partial charge in [0.15, 0.2) is 17.1 Å². The molecule has 15 heteroatoms. The molecule has 1 aromatic rings. The van der Waals surface area contributed by atoms with Crippen LogP contribution in [0.3, 0.4) is 0 Å². The number of unbranched alkanes of at least 4 members (excludes halogenated alkanes) is 3. The summed E-state index contributed by atoms with van der Waals surface area (Å²) in [7, 11) is 2.94. The number of carbonyl (C=O) groups excluding carboxylic acids is 4. The van der Waals surface area contributed by atoms with Gasteiger partial charge in [-0.2, -0.15) is 0 Å². The van der Waals surface area contributed by atoms with E-state index in [-0.39, 0.29) is 42.6 Å². The lowest BCUT2D eigenvalue weighted by Crippen LogP contribution is -2.68. The van der Waals surface area contributed by atoms with E-state index in [1.54, 1.807) is 6.92 Å². The summed E-state index contributed by atoms with van der Waals surface area (Å²) in [5, 5.41) is 62.5. The second-order valence-corrected chi connectivity index (χ2v) is 11.8. The highest BCUT2D eigenvalue weighted by atomic mass is 35.5. The highest BCUT2D eigenvalue weighted by Crippen LogP contribution is 2.56. The Morgan fingerprint density at radius 3 is 2.29 bits per heavy atom. The molecule has 0 aliphatic heterocycles. The van der Waals surface area contributed by atoms with Crippen LogP contribution in [0.15, 0.2) is 34.8 Å². The van der Waals surface area contributed by atoms with Crippen LogP contribution in [0.4, 0.5) is 5.69 Å². The Morgan fingerprint density at radius 1 is 1.07 bits per heavy atom. The number of hydrogen-bond acceptors (Lipinski definition) is 11. The standard InChI is InChI=1S/C30H40N4O9.2ClH/c1-5-6-7-8-11-32-12-16(35)33-15-10-9-14-13(2)17-19(24(37)18(14)23(15)36)27(40)30(43)21(25(17)38)22(34(3)4)26(39)20(28(30)41)29(31)42;;/h9-10,13,17,21-22,25,32,36,38-40,43H,5-8,11-12H2,1-4H3,(H2,31,42)(H,33,35);2*1H/t13?,17?,21?,22-,25?,30-;;/m0../s1. The summed E-state index contributed by atoms with van der Waals surface area (Å²) >= 11 is 0. The number of aromatic hydroxyl groups is 1. The number of aliphatic hydroxyl groups is 4. The van der Waals surface area contributed by atoms with Crippen molar-refractivity contribution >= 4 is 53.9 Å². The minimum atomic E-state index is -2.99. The van der Waals surface area contributed by atoms with Crippen molar-refractivity contribution in [2.75, 3.05) is 32.5 Å². The molecular formula is C30H42Cl2N4O9. The molecule has 0 spiro atoms. The average molecular weight is 674 g/mol. The number of amides is 2. The lowest BCUT2D eigenvalue weighted by atomic mass is 9.55. The number of phenols is 1. The highest BCUT2D eigenvalue weighted by Gasteiger charge is 2.67. The van der Waals surface area contributed by atoms with E-state index in [2.05, 4.69) is 17.6 Å². The molecule has 4 rings (SSSR count). The van der Waals surface area contributed by atoms with Crippen LogP contribution in [0, 0.1) is 11.8 Å². The Labute approximate surface area is 273 Å². The van der Waals surface area contributed by atoms with E-state index < -0.39 is 87.3 Å². The maximum atomic E-state index is 13.9. The number of likely N-dealkylation sites (N-methyl/N-ethyl adjacent to an activating group) is 1. The molecule has 3 aliphatic rings. The Kier molecular flexibility index (Phi) is 12.2. The number of halogens is 2. The van der Waals surface area contributed by atoms with Crippen LogP contribution in [0.2, 0.25) is 0 Å². The molecule has 0 bridgehead atoms. The van der Waals surface area contributed by atoms with E-state index in [1.165, 1.54) is 31.1 Å². The summed E-state index contributed by atoms with van der Waals surface area (Å²) in [5.41, 5.74) is 0.846. The fraction of sp³-hybridized carbons (Fsp3) is 0.533. The first-order valence-electron chi connectivity index (χ1n) is 14.4. The van der Waals surface area contributed by atoms with Crippen LogP contribution in [0.5, 0.6) is 5.75 Å². The third-order valence-electron chi connectivity index (χ3n) is 8.90. The van der Waals surface area contributed by atoms with E-state index in [1.807, 2.05) is 0 Å². The fourth-order valence-corrected chi connectivity index (χ4v) is 6.80. The number of rotatable bonds is 10. The molecule has 0 heterocycles. The number of aliphatic hydroxyl groups excluding tert-OH is 3. The lowest BCUT2D eigenvalue weighted by molar-refractivity contribution is -0.162. The second-order valence-electron chi connectivity index (χ2n) is 11.8. The quantitative estimate of drug-likeness (QED) is 0.101. The zero-order valence-electron chi connectivity index (χ0n) is 25.5. The zero-order valence-corrected chi connectivity index (χ0v) is 27.1. The van der Waals surface area contributed by atoms with E-state index in [0.717, 1.165) is 25.7 Å². The Bertz CT molecular complexity index is 1430. The van der Waals surface area contributed by atoms with Crippen LogP contribution in [-0.4, -0.2) is 98.7 Å². The molecule has 250 valence electrons. The van der Waals surface area contributed by atoms with Gasteiger partial charge in [-0.25, -0.2) is 0 Å². The third kappa shape index (κ3) is 6.17. The molecule has 13 nitrogen and oxygen atoms in total. The number of benzene rings is 1. The number of fused-ring (bicyclic) bond motifs is 3. The van der Waals surface area contributed by atoms with E-state index in [4.69, 9.17) is 5.73 Å². The number of phenolic OH excluding ortho intramolecular Hbond substituents is 1. The second kappa shape index (κ2) is 14.5. The molecule has 0 radical (unpaired) electrons. The molecule has 2 amide bonds. The van der Waals surface area contributed by atoms with Gasteiger partial charge in [0, 0.05) is 11.5 Å². The van der Waals surface area contributed by atoms with Gasteiger partial charge >= 0.3 is 0 Å². The summed E-state index contributed by atoms with van der Waals surface area (Å²) < 4.78 is 0. The van der Waals surface area contributed by atoms with Crippen molar-refractivity contribution in [3.8, 4) is 5.75 Å². The molecule has 0 saturated carbocycles. The predicted octanol–water partition coefficient (Wildman–Crippen LogP) is 1.60. The van der Waals surface area contributed by atoms with Crippen molar-refractivity contribution in [3.05, 3.63) is 45.9 Å². The number of nitrogens with one attached hydrogen (secondary N) is 2. The lowest BCUT2D eigenvalue weighted by Gasteiger charge is -2.53. The molecule has 3 aliphatic carbocycles. The van der Waals surface area contributed by atoms with Crippen molar-refractivity contribution in [1.82, 2.24) is 10.2 Å². The van der Waals surface area contributed by atoms with Crippen molar-refractivity contribution in [3.63, 3.8) is 0 Å². The molecule has 0 fully saturated rings. The number of nitrogens with zero attached hydrogens (tertiary/aromatic N) is 1. The first-order chi connectivity index (χ1) is 20.2. The van der Waals surface area contributed by atoms with Gasteiger partial charge in [0.05, 0.1) is 35.9 Å². The Hall–Kier alpha value is -3.20. The van der Waals surface area contributed by atoms with Gasteiger partial charge < -0.3 is 41.9 Å². The van der Waals surface area contributed by atoms with Gasteiger partial charge in [-0.1, -0.05) is 39.2 Å². The SMILES string of the molecule is CCCCCCNCC(=O)Nc1ccc2c(c1O)C(=O)C1=C(O)[C@]3(O)C(=O)C(C(N)=O)=C(O)[C@@H](N(C)C)C3C(O)C1C2C.Cl.Cl. The minimum Gasteiger partial charge on any atom is -0.510 e. The summed E-state index contributed by atoms with van der Waals surface area (Å²) in [6.07, 6.45) is 2.45. The summed E-state index contributed by atoms with van der Waals surface area (Å²) in [6.45, 7) is 4.35. The van der Waals surface area contributed by atoms with E-state index in [0.29, 0.717) is 12.1 Å². The molecule has 4 unspecified atom stereocenters. The highest BCUT2D eigenvalue weighted by molar-refractivity contribution is 6.25. The number of ketones is 2. The van der Waals surface area contributed by atoms with Crippen LogP contribution >= 0.6 is 24.8 Å². The third-order valence-corrected chi connectivity index (χ3v) is 8.90. The number of nitrogens with two attached hydrogens (primary N) is 1. The number of Topliss-reactive ketones (excluding diaryl/α,β-unsaturated/α-hetero) is 2. The molecule has 1 aromatic carbocycles. The fourth-order valence-electron chi connectivity index (χ4n) is 6.80. The summed E-state index contributed by atoms with van der Waals surface area (Å²) in [5.74, 6) is -10.2. The van der Waals surface area contributed by atoms with Crippen molar-refractivity contribution in [1.29, 1.82) is 0 Å². The first kappa shape index (κ1) is 38.0. The van der Waals surface area contributed by atoms with E-state index in [9.17, 15) is 44.7 Å². The normalized spacial score (nSPS) is 27.2. The predicted molar refractivity (Wildman–Crippen MR) is 170 cm³/mol. The van der Waals surface area contributed by atoms with Gasteiger partial charge in [-0.05, 0) is 44.6 Å². The monoisotopic (exact) mass is 672 g/mol. The number of hydrogen-bond donors (Lipinski definition) is 8. The van der Waals surface area contributed by atoms with Gasteiger partial charge in [0.25, 0.3) is 5.91 Å². The van der Waals surface area contributed by atoms with Crippen LogP contribution in [0.25, 0.3) is 0 Å². The Morgan fingerprint density at radius 2 is 1.71 bits per heavy atom. The topological polar surface area (TPSA) is 223 Å². The molecule has 0 saturated heterocycles. The Balaban J connectivity index is 0.00000353. The van der Waals surface area contributed by atoms with Gasteiger partial charge in [0.2, 0.25) is 11.7 Å².